The van der Waals surface area contributed by atoms with Gasteiger partial charge in [-0.3, -0.25) is 0 Å². The third-order valence-corrected chi connectivity index (χ3v) is 13.0. The summed E-state index contributed by atoms with van der Waals surface area (Å²) in [7, 11) is 0. The molecule has 2 nitrogen and oxygen atoms in total. The molecule has 2 heteroatoms. The fourth-order valence-corrected chi connectivity index (χ4v) is 10.2. The molecule has 5 aliphatic rings. The molecule has 1 saturated heterocycles. The van der Waals surface area contributed by atoms with E-state index in [2.05, 4.69) is 192 Å². The van der Waals surface area contributed by atoms with E-state index in [1.807, 2.05) is 0 Å². The number of benzene rings is 5. The maximum Gasteiger partial charge on any atom is 0.0557 e. The van der Waals surface area contributed by atoms with Gasteiger partial charge in [-0.15, -0.1) is 0 Å². The van der Waals surface area contributed by atoms with Gasteiger partial charge in [-0.25, -0.2) is 0 Å². The quantitative estimate of drug-likeness (QED) is 0.166. The van der Waals surface area contributed by atoms with Crippen LogP contribution in [0.25, 0.3) is 55.3 Å². The average Bonchev–Trinajstić information content (AvgIpc) is 3.79. The number of hydrogen-bond donors (Lipinski definition) is 0. The van der Waals surface area contributed by atoms with Crippen LogP contribution in [0.4, 0.5) is 5.69 Å². The number of hydrogen-bond acceptors (Lipinski definition) is 1. The number of nitrogens with zero attached hydrogens (tertiary/aromatic N) is 2. The van der Waals surface area contributed by atoms with Gasteiger partial charge in [-0.2, -0.15) is 0 Å². The summed E-state index contributed by atoms with van der Waals surface area (Å²) >= 11 is 0. The van der Waals surface area contributed by atoms with Gasteiger partial charge in [0.05, 0.1) is 23.1 Å². The highest BCUT2D eigenvalue weighted by Crippen LogP contribution is 2.48. The van der Waals surface area contributed by atoms with Crippen LogP contribution in [-0.2, 0) is 0 Å². The first-order chi connectivity index (χ1) is 27.8. The Bertz CT molecular complexity index is 2710. The minimum Gasteiger partial charge on any atom is -0.357 e. The van der Waals surface area contributed by atoms with Gasteiger partial charge in [-0.05, 0) is 132 Å². The molecular weight excluding hydrogens is 677 g/mol. The summed E-state index contributed by atoms with van der Waals surface area (Å²) in [6.45, 7) is 0. The van der Waals surface area contributed by atoms with Crippen molar-refractivity contribution in [2.24, 2.45) is 11.8 Å². The Balaban J connectivity index is 1.01. The van der Waals surface area contributed by atoms with Gasteiger partial charge < -0.3 is 9.47 Å². The summed E-state index contributed by atoms with van der Waals surface area (Å²) in [6, 6.07) is 44.1. The first kappa shape index (κ1) is 33.2. The molecule has 1 aromatic heterocycles. The summed E-state index contributed by atoms with van der Waals surface area (Å²) in [4.78, 5) is 2.73. The molecule has 11 rings (SSSR count). The lowest BCUT2D eigenvalue weighted by molar-refractivity contribution is 0.528. The highest BCUT2D eigenvalue weighted by molar-refractivity contribution is 6.10. The van der Waals surface area contributed by atoms with E-state index in [0.29, 0.717) is 11.8 Å². The molecule has 56 heavy (non-hydrogen) atoms. The van der Waals surface area contributed by atoms with Gasteiger partial charge in [0.25, 0.3) is 0 Å². The monoisotopic (exact) mass is 722 g/mol. The minimum atomic E-state index is 0.228. The van der Waals surface area contributed by atoms with Crippen LogP contribution in [0, 0.1) is 11.8 Å². The second-order valence-electron chi connectivity index (χ2n) is 16.2. The van der Waals surface area contributed by atoms with Crippen LogP contribution in [0.2, 0.25) is 0 Å². The number of fused-ring (bicyclic) bond motifs is 6. The molecule has 6 aromatic rings. The topological polar surface area (TPSA) is 8.17 Å². The Labute approximate surface area is 330 Å². The number of aromatic nitrogens is 1. The predicted octanol–water partition coefficient (Wildman–Crippen LogP) is 13.7. The molecule has 0 bridgehead atoms. The van der Waals surface area contributed by atoms with Crippen molar-refractivity contribution in [3.8, 4) is 16.8 Å². The average molecular weight is 723 g/mol. The van der Waals surface area contributed by atoms with Gasteiger partial charge in [0, 0.05) is 34.0 Å². The molecule has 0 saturated carbocycles. The number of para-hydroxylation sites is 1. The maximum absolute atomic E-state index is 2.73. The Morgan fingerprint density at radius 1 is 0.500 bits per heavy atom. The minimum absolute atomic E-state index is 0.228. The highest BCUT2D eigenvalue weighted by atomic mass is 15.2. The summed E-state index contributed by atoms with van der Waals surface area (Å²) in [5.41, 5.74) is 15.7. The van der Waals surface area contributed by atoms with Gasteiger partial charge >= 0.3 is 0 Å². The van der Waals surface area contributed by atoms with Gasteiger partial charge in [0.1, 0.15) is 0 Å². The maximum atomic E-state index is 2.73. The van der Waals surface area contributed by atoms with Crippen molar-refractivity contribution in [3.63, 3.8) is 0 Å². The third kappa shape index (κ3) is 5.70. The SMILES string of the molecule is C1=CCCC(c2cc(-c3ccccc3)cc(N3C4C=CC=CC4C4C=CC(c5ccc6c(c5)c5ccccc5n6-c5ccc(C6=CCCCC6)cc5)=CC43)c2)=C1. The van der Waals surface area contributed by atoms with E-state index in [-0.39, 0.29) is 12.1 Å². The van der Waals surface area contributed by atoms with Crippen LogP contribution in [0.3, 0.4) is 0 Å². The Kier molecular flexibility index (Phi) is 8.23. The van der Waals surface area contributed by atoms with Crippen molar-refractivity contribution in [2.45, 2.75) is 50.6 Å². The van der Waals surface area contributed by atoms with E-state index in [1.165, 1.54) is 103 Å². The molecule has 4 aliphatic carbocycles. The standard InChI is InChI=1S/C54H46N2/c1-4-14-37(15-5-1)40-24-28-45(29-25-40)55-52-23-13-11-21-48(52)50-35-41(27-31-53(50)55)42-26-30-49-47-20-10-12-22-51(47)56(54(49)36-42)46-33-43(38-16-6-2-7-17-38)32-44(34-46)39-18-8-3-9-19-39/h2-3,6-8,10-14,16-18,20-36,47,49,51,54H,1,4-5,9,15,19H2. The predicted molar refractivity (Wildman–Crippen MR) is 238 cm³/mol. The molecule has 0 radical (unpaired) electrons. The van der Waals surface area contributed by atoms with Crippen LogP contribution in [0.5, 0.6) is 0 Å². The van der Waals surface area contributed by atoms with E-state index in [9.17, 15) is 0 Å². The zero-order valence-corrected chi connectivity index (χ0v) is 31.8. The van der Waals surface area contributed by atoms with E-state index in [4.69, 9.17) is 0 Å². The summed E-state index contributed by atoms with van der Waals surface area (Å²) in [5, 5.41) is 2.59. The van der Waals surface area contributed by atoms with Crippen molar-refractivity contribution >= 4 is 44.2 Å². The second-order valence-corrected chi connectivity index (χ2v) is 16.2. The Morgan fingerprint density at radius 2 is 1.30 bits per heavy atom. The number of allylic oxidation sites excluding steroid dienone is 10. The molecule has 1 fully saturated rings. The fourth-order valence-electron chi connectivity index (χ4n) is 10.2. The van der Waals surface area contributed by atoms with Crippen molar-refractivity contribution in [2.75, 3.05) is 4.90 Å². The molecule has 4 atom stereocenters. The number of rotatable bonds is 6. The van der Waals surface area contributed by atoms with Gasteiger partial charge in [0.2, 0.25) is 0 Å². The molecular formula is C54H46N2. The molecule has 4 unspecified atom stereocenters. The highest BCUT2D eigenvalue weighted by Gasteiger charge is 2.46. The Hall–Kier alpha value is -6.12. The van der Waals surface area contributed by atoms with Crippen LogP contribution in [-0.4, -0.2) is 16.7 Å². The number of anilines is 1. The second kappa shape index (κ2) is 13.9. The van der Waals surface area contributed by atoms with Crippen LogP contribution < -0.4 is 4.90 Å². The third-order valence-electron chi connectivity index (χ3n) is 13.0. The lowest BCUT2D eigenvalue weighted by Gasteiger charge is -2.33. The van der Waals surface area contributed by atoms with Gasteiger partial charge in [0.15, 0.2) is 0 Å². The van der Waals surface area contributed by atoms with E-state index < -0.39 is 0 Å². The van der Waals surface area contributed by atoms with E-state index in [1.54, 1.807) is 0 Å². The fraction of sp³-hybridized carbons (Fsp3) is 0.185. The van der Waals surface area contributed by atoms with Crippen LogP contribution in [0.15, 0.2) is 182 Å². The zero-order valence-electron chi connectivity index (χ0n) is 31.8. The lowest BCUT2D eigenvalue weighted by atomic mass is 9.81. The van der Waals surface area contributed by atoms with Crippen LogP contribution >= 0.6 is 0 Å². The van der Waals surface area contributed by atoms with Gasteiger partial charge in [-0.1, -0.05) is 134 Å². The molecule has 272 valence electrons. The van der Waals surface area contributed by atoms with E-state index >= 15 is 0 Å². The first-order valence-electron chi connectivity index (χ1n) is 20.7. The summed E-state index contributed by atoms with van der Waals surface area (Å²) in [5.74, 6) is 0.810. The van der Waals surface area contributed by atoms with E-state index in [0.717, 1.165) is 12.8 Å². The molecule has 1 aliphatic heterocycles. The first-order valence-corrected chi connectivity index (χ1v) is 20.7. The van der Waals surface area contributed by atoms with Crippen molar-refractivity contribution < 1.29 is 0 Å². The summed E-state index contributed by atoms with van der Waals surface area (Å²) in [6.07, 6.45) is 33.3. The molecule has 0 amide bonds. The molecule has 0 spiro atoms. The zero-order chi connectivity index (χ0) is 37.0. The van der Waals surface area contributed by atoms with Crippen LogP contribution in [0.1, 0.15) is 55.2 Å². The largest absolute Gasteiger partial charge is 0.357 e. The normalized spacial score (nSPS) is 22.6. The van der Waals surface area contributed by atoms with Crippen molar-refractivity contribution in [1.82, 2.24) is 4.57 Å². The Morgan fingerprint density at radius 3 is 2.16 bits per heavy atom. The molecule has 2 heterocycles. The van der Waals surface area contributed by atoms with Crippen molar-refractivity contribution in [3.05, 3.63) is 199 Å². The molecule has 0 N–H and O–H groups in total. The lowest BCUT2D eigenvalue weighted by Crippen LogP contribution is -2.37. The van der Waals surface area contributed by atoms with Crippen molar-refractivity contribution in [1.29, 1.82) is 0 Å². The smallest absolute Gasteiger partial charge is 0.0557 e. The molecule has 5 aromatic carbocycles. The summed E-state index contributed by atoms with van der Waals surface area (Å²) < 4.78 is 2.45.